The summed E-state index contributed by atoms with van der Waals surface area (Å²) in [5, 5.41) is 17.2. The number of aromatic nitrogens is 2. The molecule has 0 fully saturated rings. The van der Waals surface area contributed by atoms with Crippen LogP contribution in [-0.4, -0.2) is 14.7 Å². The molecule has 0 amide bonds. The van der Waals surface area contributed by atoms with Gasteiger partial charge in [-0.15, -0.1) is 5.10 Å². The van der Waals surface area contributed by atoms with E-state index in [1.54, 1.807) is 0 Å². The third kappa shape index (κ3) is 2.59. The Kier molecular flexibility index (Phi) is 3.74. The van der Waals surface area contributed by atoms with E-state index in [1.165, 1.54) is 11.5 Å². The smallest absolute Gasteiger partial charge is 0.144 e. The molecule has 4 nitrogen and oxygen atoms in total. The molecule has 5 heteroatoms. The molecule has 0 aliphatic heterocycles. The molecular formula is C23H19N3OS. The summed E-state index contributed by atoms with van der Waals surface area (Å²) >= 11 is 1.23. The van der Waals surface area contributed by atoms with Crippen molar-refractivity contribution in [1.29, 1.82) is 0 Å². The molecule has 1 heterocycles. The minimum absolute atomic E-state index is 0.148. The number of para-hydroxylation sites is 2. The number of benzene rings is 3. The van der Waals surface area contributed by atoms with Crippen LogP contribution in [0.15, 0.2) is 60.7 Å². The number of hydrogen-bond donors (Lipinski definition) is 1. The van der Waals surface area contributed by atoms with Gasteiger partial charge in [-0.3, -0.25) is 0 Å². The summed E-state index contributed by atoms with van der Waals surface area (Å²) in [5.41, 5.74) is 3.60. The molecular weight excluding hydrogens is 366 g/mol. The number of aromatic hydroxyl groups is 1. The maximum Gasteiger partial charge on any atom is 0.144 e. The van der Waals surface area contributed by atoms with E-state index < -0.39 is 0 Å². The molecule has 28 heavy (non-hydrogen) atoms. The highest BCUT2D eigenvalue weighted by molar-refractivity contribution is 7.13. The molecule has 0 unspecified atom stereocenters. The van der Waals surface area contributed by atoms with Gasteiger partial charge in [-0.25, -0.2) is 0 Å². The minimum atomic E-state index is -0.148. The van der Waals surface area contributed by atoms with Crippen molar-refractivity contribution >= 4 is 51.0 Å². The zero-order valence-corrected chi connectivity index (χ0v) is 16.4. The lowest BCUT2D eigenvalue weighted by Gasteiger charge is -2.26. The molecule has 0 bridgehead atoms. The van der Waals surface area contributed by atoms with Crippen molar-refractivity contribution in [3.63, 3.8) is 0 Å². The van der Waals surface area contributed by atoms with Crippen LogP contribution < -0.4 is 15.3 Å². The fraction of sp³-hybridized carbons (Fsp3) is 0.130. The molecule has 1 aromatic heterocycles. The Morgan fingerprint density at radius 1 is 0.857 bits per heavy atom. The van der Waals surface area contributed by atoms with Gasteiger partial charge < -0.3 is 10.0 Å². The number of fused-ring (bicyclic) bond motifs is 2. The number of nitrogens with zero attached hydrogens (tertiary/aromatic N) is 3. The van der Waals surface area contributed by atoms with Crippen molar-refractivity contribution in [2.45, 2.75) is 13.8 Å². The zero-order valence-electron chi connectivity index (χ0n) is 15.6. The first-order chi connectivity index (χ1) is 13.6. The van der Waals surface area contributed by atoms with Gasteiger partial charge in [0.15, 0.2) is 0 Å². The fourth-order valence-electron chi connectivity index (χ4n) is 3.87. The Hall–Kier alpha value is -3.18. The van der Waals surface area contributed by atoms with E-state index in [1.807, 2.05) is 36.4 Å². The molecule has 0 radical (unpaired) electrons. The quantitative estimate of drug-likeness (QED) is 0.565. The highest BCUT2D eigenvalue weighted by Crippen LogP contribution is 2.39. The lowest BCUT2D eigenvalue weighted by molar-refractivity contribution is 0.477. The van der Waals surface area contributed by atoms with Crippen LogP contribution in [0.1, 0.15) is 13.8 Å². The normalized spacial score (nSPS) is 14.4. The Morgan fingerprint density at radius 2 is 1.43 bits per heavy atom. The molecule has 0 atom stereocenters. The lowest BCUT2D eigenvalue weighted by atomic mass is 9.96. The number of phenols is 1. The molecule has 0 saturated carbocycles. The van der Waals surface area contributed by atoms with Crippen LogP contribution in [0.3, 0.4) is 0 Å². The molecule has 5 rings (SSSR count). The summed E-state index contributed by atoms with van der Waals surface area (Å²) in [7, 11) is 0. The van der Waals surface area contributed by atoms with E-state index in [0.717, 1.165) is 33.0 Å². The average molecular weight is 385 g/mol. The average Bonchev–Trinajstić information content (AvgIpc) is 3.31. The van der Waals surface area contributed by atoms with Gasteiger partial charge in [-0.05, 0) is 35.8 Å². The van der Waals surface area contributed by atoms with Crippen molar-refractivity contribution in [2.24, 2.45) is 5.41 Å². The van der Waals surface area contributed by atoms with Gasteiger partial charge in [0.2, 0.25) is 0 Å². The first-order valence-electron chi connectivity index (χ1n) is 9.18. The van der Waals surface area contributed by atoms with Gasteiger partial charge in [-0.1, -0.05) is 66.9 Å². The first kappa shape index (κ1) is 17.0. The SMILES string of the molecule is CC1(C)C=c2c(N(c3ccccc3)c3ccccc3)c3nnsc3c(O)c2=C1. The van der Waals surface area contributed by atoms with E-state index in [2.05, 4.69) is 64.8 Å². The summed E-state index contributed by atoms with van der Waals surface area (Å²) in [6, 6.07) is 20.5. The monoisotopic (exact) mass is 385 g/mol. The molecule has 1 aliphatic rings. The highest BCUT2D eigenvalue weighted by atomic mass is 32.1. The molecule has 1 aliphatic carbocycles. The Morgan fingerprint density at radius 3 is 2.04 bits per heavy atom. The third-order valence-corrected chi connectivity index (χ3v) is 5.75. The van der Waals surface area contributed by atoms with Crippen molar-refractivity contribution in [1.82, 2.24) is 9.59 Å². The van der Waals surface area contributed by atoms with Crippen LogP contribution in [0.5, 0.6) is 5.75 Å². The topological polar surface area (TPSA) is 49.2 Å². The molecule has 1 N–H and O–H groups in total. The van der Waals surface area contributed by atoms with Crippen molar-refractivity contribution < 1.29 is 5.11 Å². The fourth-order valence-corrected chi connectivity index (χ4v) is 4.50. The van der Waals surface area contributed by atoms with Gasteiger partial charge in [0.1, 0.15) is 16.0 Å². The molecule has 0 saturated heterocycles. The second-order valence-electron chi connectivity index (χ2n) is 7.59. The standard InChI is InChI=1S/C23H19N3OS/c1-23(2)13-17-18(14-23)21(27)22-19(24-25-28-22)20(17)26(15-9-5-3-6-10-15)16-11-7-4-8-12-16/h3-14,27H,1-2H3. The zero-order chi connectivity index (χ0) is 19.3. The van der Waals surface area contributed by atoms with Crippen LogP contribution in [0.2, 0.25) is 0 Å². The summed E-state index contributed by atoms with van der Waals surface area (Å²) in [6.07, 6.45) is 4.32. The molecule has 0 spiro atoms. The van der Waals surface area contributed by atoms with Gasteiger partial charge in [-0.2, -0.15) is 0 Å². The maximum atomic E-state index is 10.9. The Balaban J connectivity index is 1.94. The van der Waals surface area contributed by atoms with Crippen LogP contribution in [0.4, 0.5) is 17.1 Å². The van der Waals surface area contributed by atoms with Crippen LogP contribution in [0, 0.1) is 5.41 Å². The van der Waals surface area contributed by atoms with E-state index in [0.29, 0.717) is 4.70 Å². The van der Waals surface area contributed by atoms with Crippen molar-refractivity contribution in [2.75, 3.05) is 4.90 Å². The summed E-state index contributed by atoms with van der Waals surface area (Å²) in [5.74, 6) is 0.270. The van der Waals surface area contributed by atoms with Gasteiger partial charge >= 0.3 is 0 Å². The van der Waals surface area contributed by atoms with Crippen LogP contribution in [-0.2, 0) is 0 Å². The predicted molar refractivity (Wildman–Crippen MR) is 116 cm³/mol. The van der Waals surface area contributed by atoms with E-state index in [9.17, 15) is 5.11 Å². The number of phenolic OH excluding ortho intramolecular Hbond substituents is 1. The van der Waals surface area contributed by atoms with Crippen molar-refractivity contribution in [3.8, 4) is 5.75 Å². The van der Waals surface area contributed by atoms with Gasteiger partial charge in [0, 0.05) is 27.2 Å². The largest absolute Gasteiger partial charge is 0.506 e. The Bertz CT molecular complexity index is 1260. The predicted octanol–water partition coefficient (Wildman–Crippen LogP) is 4.47. The number of anilines is 3. The number of rotatable bonds is 3. The van der Waals surface area contributed by atoms with E-state index >= 15 is 0 Å². The second-order valence-corrected chi connectivity index (χ2v) is 8.35. The second kappa shape index (κ2) is 6.17. The third-order valence-electron chi connectivity index (χ3n) is 5.01. The van der Waals surface area contributed by atoms with Crippen LogP contribution in [0.25, 0.3) is 22.4 Å². The summed E-state index contributed by atoms with van der Waals surface area (Å²) in [6.45, 7) is 4.29. The summed E-state index contributed by atoms with van der Waals surface area (Å²) < 4.78 is 4.86. The number of hydrogen-bond acceptors (Lipinski definition) is 5. The molecule has 4 aromatic rings. The summed E-state index contributed by atoms with van der Waals surface area (Å²) in [4.78, 5) is 2.20. The van der Waals surface area contributed by atoms with E-state index in [4.69, 9.17) is 0 Å². The van der Waals surface area contributed by atoms with Crippen molar-refractivity contribution in [3.05, 3.63) is 71.1 Å². The van der Waals surface area contributed by atoms with Crippen LogP contribution >= 0.6 is 11.5 Å². The lowest BCUT2D eigenvalue weighted by Crippen LogP contribution is -2.29. The van der Waals surface area contributed by atoms with Gasteiger partial charge in [0.05, 0.1) is 5.69 Å². The molecule has 138 valence electrons. The first-order valence-corrected chi connectivity index (χ1v) is 9.95. The maximum absolute atomic E-state index is 10.9. The highest BCUT2D eigenvalue weighted by Gasteiger charge is 2.27. The van der Waals surface area contributed by atoms with E-state index in [-0.39, 0.29) is 11.2 Å². The van der Waals surface area contributed by atoms with Gasteiger partial charge in [0.25, 0.3) is 0 Å². The minimum Gasteiger partial charge on any atom is -0.506 e. The molecule has 3 aromatic carbocycles. The Labute approximate surface area is 166 Å².